The van der Waals surface area contributed by atoms with Gasteiger partial charge in [-0.25, -0.2) is 0 Å². The molecule has 0 aromatic heterocycles. The average Bonchev–Trinajstić information content (AvgIpc) is 2.35. The minimum atomic E-state index is -0.367. The van der Waals surface area contributed by atoms with Gasteiger partial charge in [-0.1, -0.05) is 32.0 Å². The predicted octanol–water partition coefficient (Wildman–Crippen LogP) is 2.75. The monoisotopic (exact) mass is 261 g/mol. The van der Waals surface area contributed by atoms with Gasteiger partial charge in [0.1, 0.15) is 5.75 Å². The molecule has 19 heavy (non-hydrogen) atoms. The molecule has 1 aliphatic heterocycles. The Morgan fingerprint density at radius 3 is 2.47 bits per heavy atom. The van der Waals surface area contributed by atoms with E-state index in [1.807, 2.05) is 44.2 Å². The number of ether oxygens (including phenoxy) is 1. The van der Waals surface area contributed by atoms with E-state index in [-0.39, 0.29) is 17.3 Å². The zero-order chi connectivity index (χ0) is 14.0. The lowest BCUT2D eigenvalue weighted by molar-refractivity contribution is -0.142. The van der Waals surface area contributed by atoms with Gasteiger partial charge in [-0.15, -0.1) is 0 Å². The summed E-state index contributed by atoms with van der Waals surface area (Å²) in [4.78, 5) is 14.8. The zero-order valence-electron chi connectivity index (χ0n) is 12.2. The number of hydrogen-bond acceptors (Lipinski definition) is 3. The van der Waals surface area contributed by atoms with Crippen LogP contribution in [0.25, 0.3) is 0 Å². The molecule has 0 saturated carbocycles. The summed E-state index contributed by atoms with van der Waals surface area (Å²) >= 11 is 0. The number of hydrogen-bond donors (Lipinski definition) is 0. The number of ketones is 1. The Morgan fingerprint density at radius 1 is 1.26 bits per heavy atom. The molecule has 1 saturated heterocycles. The maximum Gasteiger partial charge on any atom is 0.181 e. The first-order chi connectivity index (χ1) is 8.90. The van der Waals surface area contributed by atoms with Crippen LogP contribution in [0.3, 0.4) is 0 Å². The maximum atomic E-state index is 12.5. The zero-order valence-corrected chi connectivity index (χ0v) is 12.2. The Kier molecular flexibility index (Phi) is 3.95. The van der Waals surface area contributed by atoms with Crippen LogP contribution in [0.15, 0.2) is 30.3 Å². The highest BCUT2D eigenvalue weighted by Gasteiger charge is 2.42. The second kappa shape index (κ2) is 5.33. The van der Waals surface area contributed by atoms with Gasteiger partial charge in [0.2, 0.25) is 0 Å². The van der Waals surface area contributed by atoms with Crippen molar-refractivity contribution in [3.63, 3.8) is 0 Å². The molecule has 3 nitrogen and oxygen atoms in total. The van der Waals surface area contributed by atoms with Crippen molar-refractivity contribution in [2.45, 2.75) is 39.8 Å². The minimum absolute atomic E-state index is 0.202. The summed E-state index contributed by atoms with van der Waals surface area (Å²) < 4.78 is 5.89. The molecule has 1 unspecified atom stereocenters. The Bertz CT molecular complexity index is 439. The number of para-hydroxylation sites is 1. The van der Waals surface area contributed by atoms with E-state index in [1.165, 1.54) is 0 Å². The summed E-state index contributed by atoms with van der Waals surface area (Å²) in [5.41, 5.74) is -0.345. The molecule has 2 rings (SSSR count). The maximum absolute atomic E-state index is 12.5. The van der Waals surface area contributed by atoms with Gasteiger partial charge in [0, 0.05) is 24.5 Å². The third-order valence-corrected chi connectivity index (χ3v) is 3.71. The SMILES string of the molecule is CC(C)N1CC(Oc2ccccc2)C(=O)C(C)(C)C1. The minimum Gasteiger partial charge on any atom is -0.481 e. The number of nitrogens with zero attached hydrogens (tertiary/aromatic N) is 1. The van der Waals surface area contributed by atoms with Crippen LogP contribution in [0.2, 0.25) is 0 Å². The second-order valence-corrected chi connectivity index (χ2v) is 6.19. The molecule has 3 heteroatoms. The first kappa shape index (κ1) is 14.1. The van der Waals surface area contributed by atoms with E-state index < -0.39 is 0 Å². The van der Waals surface area contributed by atoms with E-state index in [4.69, 9.17) is 4.74 Å². The molecule has 1 heterocycles. The van der Waals surface area contributed by atoms with Crippen molar-refractivity contribution in [2.24, 2.45) is 5.41 Å². The number of piperidine rings is 1. The van der Waals surface area contributed by atoms with Gasteiger partial charge in [-0.3, -0.25) is 9.69 Å². The van der Waals surface area contributed by atoms with Crippen molar-refractivity contribution in [3.8, 4) is 5.75 Å². The van der Waals surface area contributed by atoms with Crippen LogP contribution in [-0.2, 0) is 4.79 Å². The quantitative estimate of drug-likeness (QED) is 0.838. The van der Waals surface area contributed by atoms with Crippen molar-refractivity contribution in [1.82, 2.24) is 4.90 Å². The van der Waals surface area contributed by atoms with Gasteiger partial charge in [0.25, 0.3) is 0 Å². The van der Waals surface area contributed by atoms with Gasteiger partial charge in [0.05, 0.1) is 0 Å². The molecule has 0 amide bonds. The van der Waals surface area contributed by atoms with Crippen LogP contribution < -0.4 is 4.74 Å². The number of Topliss-reactive ketones (excluding diaryl/α,β-unsaturated/α-hetero) is 1. The Hall–Kier alpha value is -1.35. The van der Waals surface area contributed by atoms with Crippen molar-refractivity contribution in [1.29, 1.82) is 0 Å². The fourth-order valence-corrected chi connectivity index (χ4v) is 2.53. The lowest BCUT2D eigenvalue weighted by atomic mass is 9.80. The Labute approximate surface area is 115 Å². The largest absolute Gasteiger partial charge is 0.481 e. The third kappa shape index (κ3) is 3.16. The fourth-order valence-electron chi connectivity index (χ4n) is 2.53. The summed E-state index contributed by atoms with van der Waals surface area (Å²) in [6.45, 7) is 9.81. The average molecular weight is 261 g/mol. The van der Waals surface area contributed by atoms with Gasteiger partial charge in [-0.05, 0) is 26.0 Å². The molecule has 1 aromatic rings. The van der Waals surface area contributed by atoms with Crippen LogP contribution in [0, 0.1) is 5.41 Å². The molecule has 0 aliphatic carbocycles. The standard InChI is InChI=1S/C16H23NO2/c1-12(2)17-10-14(15(18)16(3,4)11-17)19-13-8-6-5-7-9-13/h5-9,12,14H,10-11H2,1-4H3. The first-order valence-electron chi connectivity index (χ1n) is 6.90. The predicted molar refractivity (Wildman–Crippen MR) is 76.4 cm³/mol. The summed E-state index contributed by atoms with van der Waals surface area (Å²) in [6, 6.07) is 10.0. The molecule has 0 bridgehead atoms. The Morgan fingerprint density at radius 2 is 1.89 bits per heavy atom. The van der Waals surface area contributed by atoms with E-state index in [1.54, 1.807) is 0 Å². The van der Waals surface area contributed by atoms with E-state index in [0.717, 1.165) is 12.3 Å². The highest BCUT2D eigenvalue weighted by atomic mass is 16.5. The molecule has 0 N–H and O–H groups in total. The highest BCUT2D eigenvalue weighted by Crippen LogP contribution is 2.29. The number of likely N-dealkylation sites (tertiary alicyclic amines) is 1. The van der Waals surface area contributed by atoms with Crippen LogP contribution in [0.5, 0.6) is 5.75 Å². The molecular weight excluding hydrogens is 238 g/mol. The second-order valence-electron chi connectivity index (χ2n) is 6.19. The summed E-state index contributed by atoms with van der Waals surface area (Å²) in [5.74, 6) is 0.968. The topological polar surface area (TPSA) is 29.5 Å². The number of rotatable bonds is 3. The van der Waals surface area contributed by atoms with E-state index in [0.29, 0.717) is 12.6 Å². The molecular formula is C16H23NO2. The lowest BCUT2D eigenvalue weighted by Gasteiger charge is -2.42. The van der Waals surface area contributed by atoms with Crippen molar-refractivity contribution in [2.75, 3.05) is 13.1 Å². The number of carbonyl (C=O) groups excluding carboxylic acids is 1. The van der Waals surface area contributed by atoms with Crippen molar-refractivity contribution >= 4 is 5.78 Å². The van der Waals surface area contributed by atoms with E-state index in [9.17, 15) is 4.79 Å². The smallest absolute Gasteiger partial charge is 0.181 e. The lowest BCUT2D eigenvalue weighted by Crippen LogP contribution is -2.57. The van der Waals surface area contributed by atoms with Gasteiger partial charge < -0.3 is 4.74 Å². The summed E-state index contributed by atoms with van der Waals surface area (Å²) in [5, 5.41) is 0. The summed E-state index contributed by atoms with van der Waals surface area (Å²) in [6.07, 6.45) is -0.367. The highest BCUT2D eigenvalue weighted by molar-refractivity contribution is 5.89. The van der Waals surface area contributed by atoms with Crippen molar-refractivity contribution < 1.29 is 9.53 Å². The molecule has 1 atom stereocenters. The number of benzene rings is 1. The van der Waals surface area contributed by atoms with Gasteiger partial charge in [-0.2, -0.15) is 0 Å². The van der Waals surface area contributed by atoms with Crippen LogP contribution in [0.1, 0.15) is 27.7 Å². The Balaban J connectivity index is 2.16. The molecule has 1 fully saturated rings. The van der Waals surface area contributed by atoms with Crippen LogP contribution in [-0.4, -0.2) is 35.9 Å². The molecule has 1 aromatic carbocycles. The molecule has 1 aliphatic rings. The van der Waals surface area contributed by atoms with E-state index >= 15 is 0 Å². The molecule has 0 spiro atoms. The van der Waals surface area contributed by atoms with E-state index in [2.05, 4.69) is 18.7 Å². The third-order valence-electron chi connectivity index (χ3n) is 3.71. The van der Waals surface area contributed by atoms with Gasteiger partial charge in [0.15, 0.2) is 11.9 Å². The van der Waals surface area contributed by atoms with Crippen molar-refractivity contribution in [3.05, 3.63) is 30.3 Å². The number of carbonyl (C=O) groups is 1. The van der Waals surface area contributed by atoms with Crippen LogP contribution in [0.4, 0.5) is 0 Å². The summed E-state index contributed by atoms with van der Waals surface area (Å²) in [7, 11) is 0. The fraction of sp³-hybridized carbons (Fsp3) is 0.562. The molecule has 104 valence electrons. The van der Waals surface area contributed by atoms with Gasteiger partial charge >= 0.3 is 0 Å². The normalized spacial score (nSPS) is 23.6. The molecule has 0 radical (unpaired) electrons. The van der Waals surface area contributed by atoms with Crippen LogP contribution >= 0.6 is 0 Å². The first-order valence-corrected chi connectivity index (χ1v) is 6.90.